The van der Waals surface area contributed by atoms with Gasteiger partial charge in [0.25, 0.3) is 0 Å². The molecule has 0 amide bonds. The molecule has 3 unspecified atom stereocenters. The van der Waals surface area contributed by atoms with Crippen molar-refractivity contribution in [2.75, 3.05) is 23.7 Å². The van der Waals surface area contributed by atoms with Crippen LogP contribution in [-0.4, -0.2) is 35.4 Å². The summed E-state index contributed by atoms with van der Waals surface area (Å²) in [7, 11) is 0. The van der Waals surface area contributed by atoms with E-state index in [4.69, 9.17) is 10.8 Å². The lowest BCUT2D eigenvalue weighted by atomic mass is 10.00. The van der Waals surface area contributed by atoms with Crippen molar-refractivity contribution >= 4 is 17.3 Å². The second-order valence-electron chi connectivity index (χ2n) is 5.55. The number of hydrogen-bond acceptors (Lipinski definition) is 4. The molecule has 2 fully saturated rings. The second-order valence-corrected chi connectivity index (χ2v) is 5.55. The first-order chi connectivity index (χ1) is 9.06. The maximum atomic E-state index is 10.9. The molecule has 0 aromatic heterocycles. The summed E-state index contributed by atoms with van der Waals surface area (Å²) in [5.74, 6) is -0.103. The Morgan fingerprint density at radius 3 is 2.74 bits per heavy atom. The van der Waals surface area contributed by atoms with Gasteiger partial charge in [0, 0.05) is 30.4 Å². The zero-order chi connectivity index (χ0) is 13.6. The molecule has 1 saturated heterocycles. The van der Waals surface area contributed by atoms with E-state index in [1.165, 1.54) is 0 Å². The Labute approximate surface area is 111 Å². The Hall–Kier alpha value is -1.75. The summed E-state index contributed by atoms with van der Waals surface area (Å²) in [6.45, 7) is 1.76. The molecule has 0 spiro atoms. The van der Waals surface area contributed by atoms with Crippen LogP contribution in [0.15, 0.2) is 18.2 Å². The number of carbonyl (C=O) groups is 1. The number of hydrogen-bond donors (Lipinski definition) is 3. The molecule has 5 nitrogen and oxygen atoms in total. The normalized spacial score (nSPS) is 29.5. The van der Waals surface area contributed by atoms with Crippen molar-refractivity contribution < 1.29 is 15.0 Å². The van der Waals surface area contributed by atoms with Gasteiger partial charge in [0.15, 0.2) is 0 Å². The van der Waals surface area contributed by atoms with Crippen molar-refractivity contribution in [3.05, 3.63) is 23.8 Å². The first-order valence-electron chi connectivity index (χ1n) is 6.62. The van der Waals surface area contributed by atoms with E-state index in [0.29, 0.717) is 17.5 Å². The van der Waals surface area contributed by atoms with Crippen molar-refractivity contribution in [1.82, 2.24) is 0 Å². The maximum absolute atomic E-state index is 10.9. The quantitative estimate of drug-likeness (QED) is 0.697. The molecule has 3 atom stereocenters. The number of rotatable bonds is 2. The molecule has 2 aliphatic rings. The van der Waals surface area contributed by atoms with Crippen molar-refractivity contribution in [2.45, 2.75) is 18.9 Å². The summed E-state index contributed by atoms with van der Waals surface area (Å²) < 4.78 is 0. The predicted octanol–water partition coefficient (Wildman–Crippen LogP) is 1.17. The topological polar surface area (TPSA) is 86.8 Å². The summed E-state index contributed by atoms with van der Waals surface area (Å²) in [5.41, 5.74) is 7.16. The number of benzene rings is 1. The Balaban J connectivity index is 1.81. The third kappa shape index (κ3) is 2.04. The van der Waals surface area contributed by atoms with Crippen molar-refractivity contribution in [1.29, 1.82) is 0 Å². The van der Waals surface area contributed by atoms with E-state index in [0.717, 1.165) is 31.6 Å². The summed E-state index contributed by atoms with van der Waals surface area (Å²) in [4.78, 5) is 13.1. The van der Waals surface area contributed by atoms with Gasteiger partial charge >= 0.3 is 5.97 Å². The molecule has 1 heterocycles. The van der Waals surface area contributed by atoms with E-state index in [2.05, 4.69) is 4.90 Å². The third-order valence-corrected chi connectivity index (χ3v) is 4.45. The molecule has 5 heteroatoms. The van der Waals surface area contributed by atoms with Crippen LogP contribution < -0.4 is 10.6 Å². The minimum Gasteiger partial charge on any atom is -0.478 e. The van der Waals surface area contributed by atoms with Crippen LogP contribution in [0.3, 0.4) is 0 Å². The fraction of sp³-hybridized carbons (Fsp3) is 0.500. The van der Waals surface area contributed by atoms with Gasteiger partial charge in [0.2, 0.25) is 0 Å². The molecular weight excluding hydrogens is 244 g/mol. The Bertz CT molecular complexity index is 517. The highest BCUT2D eigenvalue weighted by Gasteiger charge is 2.41. The molecule has 1 aromatic carbocycles. The van der Waals surface area contributed by atoms with Crippen molar-refractivity contribution in [2.24, 2.45) is 11.8 Å². The Morgan fingerprint density at radius 2 is 2.11 bits per heavy atom. The summed E-state index contributed by atoms with van der Waals surface area (Å²) in [6.07, 6.45) is 1.79. The van der Waals surface area contributed by atoms with Gasteiger partial charge in [-0.05, 0) is 37.0 Å². The minimum atomic E-state index is -1.00. The molecule has 19 heavy (non-hydrogen) atoms. The lowest BCUT2D eigenvalue weighted by Gasteiger charge is -2.21. The number of nitrogens with zero attached hydrogens (tertiary/aromatic N) is 1. The Kier molecular flexibility index (Phi) is 2.86. The number of aromatic carboxylic acids is 1. The lowest BCUT2D eigenvalue weighted by molar-refractivity contribution is 0.0698. The van der Waals surface area contributed by atoms with Crippen LogP contribution in [0.1, 0.15) is 23.2 Å². The molecular formula is C14H18N2O3. The van der Waals surface area contributed by atoms with Crippen LogP contribution in [0.25, 0.3) is 0 Å². The zero-order valence-corrected chi connectivity index (χ0v) is 10.6. The lowest BCUT2D eigenvalue weighted by Crippen LogP contribution is -2.24. The summed E-state index contributed by atoms with van der Waals surface area (Å²) in [6, 6.07) is 5.07. The number of aliphatic hydroxyl groups is 1. The fourth-order valence-corrected chi connectivity index (χ4v) is 3.39. The molecule has 1 aliphatic heterocycles. The number of aliphatic hydroxyl groups excluding tert-OH is 1. The fourth-order valence-electron chi connectivity index (χ4n) is 3.39. The van der Waals surface area contributed by atoms with Crippen LogP contribution in [0, 0.1) is 11.8 Å². The van der Waals surface area contributed by atoms with Crippen molar-refractivity contribution in [3.63, 3.8) is 0 Å². The first kappa shape index (κ1) is 12.3. The smallest absolute Gasteiger partial charge is 0.337 e. The molecule has 4 N–H and O–H groups in total. The molecule has 0 radical (unpaired) electrons. The van der Waals surface area contributed by atoms with Crippen LogP contribution >= 0.6 is 0 Å². The average molecular weight is 262 g/mol. The third-order valence-electron chi connectivity index (χ3n) is 4.45. The largest absolute Gasteiger partial charge is 0.478 e. The number of carboxylic acids is 1. The second kappa shape index (κ2) is 4.42. The van der Waals surface area contributed by atoms with E-state index in [1.807, 2.05) is 0 Å². The average Bonchev–Trinajstić information content (AvgIpc) is 2.91. The van der Waals surface area contributed by atoms with Gasteiger partial charge in [-0.3, -0.25) is 0 Å². The number of nitrogens with two attached hydrogens (primary N) is 1. The number of fused-ring (bicyclic) bond motifs is 1. The van der Waals surface area contributed by atoms with Gasteiger partial charge in [-0.25, -0.2) is 4.79 Å². The number of anilines is 2. The Morgan fingerprint density at radius 1 is 1.32 bits per heavy atom. The number of nitrogen functional groups attached to an aromatic ring is 1. The van der Waals surface area contributed by atoms with Gasteiger partial charge in [0.1, 0.15) is 0 Å². The molecule has 1 aromatic rings. The standard InChI is InChI=1S/C14H18N2O3/c15-12-5-9(2-3-10(12)14(18)19)16-6-8-1-4-13(17)11(8)7-16/h2-3,5,8,11,13,17H,1,4,6-7,15H2,(H,18,19). The van der Waals surface area contributed by atoms with Crippen LogP contribution in [0.4, 0.5) is 11.4 Å². The van der Waals surface area contributed by atoms with E-state index in [9.17, 15) is 9.90 Å². The van der Waals surface area contributed by atoms with E-state index in [-0.39, 0.29) is 11.7 Å². The van der Waals surface area contributed by atoms with Gasteiger partial charge in [-0.15, -0.1) is 0 Å². The van der Waals surface area contributed by atoms with Crippen LogP contribution in [-0.2, 0) is 0 Å². The highest BCUT2D eigenvalue weighted by Crippen LogP contribution is 2.40. The zero-order valence-electron chi connectivity index (χ0n) is 10.6. The van der Waals surface area contributed by atoms with Crippen LogP contribution in [0.2, 0.25) is 0 Å². The SMILES string of the molecule is Nc1cc(N2CC3CCC(O)C3C2)ccc1C(=O)O. The summed E-state index contributed by atoms with van der Waals surface area (Å²) >= 11 is 0. The summed E-state index contributed by atoms with van der Waals surface area (Å²) in [5, 5.41) is 18.9. The predicted molar refractivity (Wildman–Crippen MR) is 72.2 cm³/mol. The maximum Gasteiger partial charge on any atom is 0.337 e. The highest BCUT2D eigenvalue weighted by atomic mass is 16.4. The van der Waals surface area contributed by atoms with E-state index in [1.54, 1.807) is 18.2 Å². The molecule has 1 saturated carbocycles. The molecule has 3 rings (SSSR count). The van der Waals surface area contributed by atoms with Gasteiger partial charge in [-0.1, -0.05) is 0 Å². The van der Waals surface area contributed by atoms with Gasteiger partial charge < -0.3 is 20.8 Å². The highest BCUT2D eigenvalue weighted by molar-refractivity contribution is 5.94. The van der Waals surface area contributed by atoms with Crippen molar-refractivity contribution in [3.8, 4) is 0 Å². The molecule has 102 valence electrons. The van der Waals surface area contributed by atoms with Crippen LogP contribution in [0.5, 0.6) is 0 Å². The molecule has 1 aliphatic carbocycles. The van der Waals surface area contributed by atoms with Gasteiger partial charge in [-0.2, -0.15) is 0 Å². The monoisotopic (exact) mass is 262 g/mol. The molecule has 0 bridgehead atoms. The van der Waals surface area contributed by atoms with E-state index >= 15 is 0 Å². The number of carboxylic acid groups (broad SMARTS) is 1. The van der Waals surface area contributed by atoms with Gasteiger partial charge in [0.05, 0.1) is 11.7 Å². The van der Waals surface area contributed by atoms with E-state index < -0.39 is 5.97 Å². The first-order valence-corrected chi connectivity index (χ1v) is 6.62. The minimum absolute atomic E-state index is 0.142.